The Bertz CT molecular complexity index is 1390. The standard InChI is InChI=1S/C29H24N2O7/c32-24(20-11-4-1-5-12-20)29(35)25(38-27(34)22-15-8-3-9-16-22)23(37-28(29)31-18-10-17-30-31)19-36-26(33)21-13-6-2-7-14-21/h1-18,23,25,28,35H,19H2/t23-,25-,28-,29-/m0/s1. The number of carbonyl (C=O) groups excluding carboxylic acids is 3. The molecule has 4 aromatic rings. The van der Waals surface area contributed by atoms with Crippen LogP contribution in [-0.4, -0.2) is 57.0 Å². The molecule has 5 rings (SSSR count). The zero-order valence-corrected chi connectivity index (χ0v) is 20.1. The summed E-state index contributed by atoms with van der Waals surface area (Å²) in [5, 5.41) is 16.2. The zero-order valence-electron chi connectivity index (χ0n) is 20.1. The number of aliphatic hydroxyl groups is 1. The predicted octanol–water partition coefficient (Wildman–Crippen LogP) is 3.48. The molecule has 192 valence electrons. The van der Waals surface area contributed by atoms with Crippen LogP contribution < -0.4 is 0 Å². The molecule has 1 aromatic heterocycles. The fourth-order valence-corrected chi connectivity index (χ4v) is 4.38. The van der Waals surface area contributed by atoms with Crippen LogP contribution in [0.25, 0.3) is 0 Å². The van der Waals surface area contributed by atoms with E-state index < -0.39 is 48.4 Å². The van der Waals surface area contributed by atoms with E-state index in [2.05, 4.69) is 5.10 Å². The van der Waals surface area contributed by atoms with E-state index in [9.17, 15) is 19.5 Å². The maximum Gasteiger partial charge on any atom is 0.338 e. The first-order valence-corrected chi connectivity index (χ1v) is 11.9. The lowest BCUT2D eigenvalue weighted by Gasteiger charge is -2.32. The first kappa shape index (κ1) is 25.1. The van der Waals surface area contributed by atoms with Crippen molar-refractivity contribution < 1.29 is 33.7 Å². The minimum absolute atomic E-state index is 0.179. The summed E-state index contributed by atoms with van der Waals surface area (Å²) in [6.07, 6.45) is -1.13. The van der Waals surface area contributed by atoms with Crippen molar-refractivity contribution in [2.75, 3.05) is 6.61 Å². The normalized spacial score (nSPS) is 22.5. The van der Waals surface area contributed by atoms with Gasteiger partial charge in [-0.05, 0) is 30.3 Å². The van der Waals surface area contributed by atoms with Gasteiger partial charge in [0.15, 0.2) is 12.3 Å². The monoisotopic (exact) mass is 512 g/mol. The van der Waals surface area contributed by atoms with E-state index in [1.165, 1.54) is 17.1 Å². The Morgan fingerprint density at radius 3 is 1.92 bits per heavy atom. The van der Waals surface area contributed by atoms with Crippen LogP contribution in [0.5, 0.6) is 0 Å². The second-order valence-electron chi connectivity index (χ2n) is 8.69. The van der Waals surface area contributed by atoms with Gasteiger partial charge in [0.25, 0.3) is 0 Å². The molecule has 9 nitrogen and oxygen atoms in total. The smallest absolute Gasteiger partial charge is 0.338 e. The number of aromatic nitrogens is 2. The van der Waals surface area contributed by atoms with Crippen LogP contribution in [0.15, 0.2) is 109 Å². The molecule has 4 atom stereocenters. The summed E-state index contributed by atoms with van der Waals surface area (Å²) in [6.45, 7) is -0.400. The average molecular weight is 513 g/mol. The molecule has 1 aliphatic heterocycles. The Balaban J connectivity index is 1.52. The first-order chi connectivity index (χ1) is 18.5. The van der Waals surface area contributed by atoms with E-state index in [0.29, 0.717) is 5.56 Å². The number of nitrogens with zero attached hydrogens (tertiary/aromatic N) is 2. The van der Waals surface area contributed by atoms with E-state index in [0.717, 1.165) is 0 Å². The molecule has 9 heteroatoms. The molecule has 3 aromatic carbocycles. The second-order valence-corrected chi connectivity index (χ2v) is 8.69. The zero-order chi connectivity index (χ0) is 26.5. The van der Waals surface area contributed by atoms with Crippen molar-refractivity contribution >= 4 is 17.7 Å². The molecular weight excluding hydrogens is 488 g/mol. The molecule has 1 aliphatic rings. The Hall–Kier alpha value is -4.60. The van der Waals surface area contributed by atoms with Crippen molar-refractivity contribution in [3.05, 3.63) is 126 Å². The Labute approximate surface area is 218 Å². The number of hydrogen-bond acceptors (Lipinski definition) is 8. The minimum Gasteiger partial charge on any atom is -0.459 e. The summed E-state index contributed by atoms with van der Waals surface area (Å²) in [6, 6.07) is 26.2. The number of benzene rings is 3. The van der Waals surface area contributed by atoms with Gasteiger partial charge in [0.2, 0.25) is 11.4 Å². The topological polar surface area (TPSA) is 117 Å². The number of ketones is 1. The fraction of sp³-hybridized carbons (Fsp3) is 0.172. The Kier molecular flexibility index (Phi) is 7.12. The highest BCUT2D eigenvalue weighted by atomic mass is 16.6. The molecule has 0 unspecified atom stereocenters. The highest BCUT2D eigenvalue weighted by molar-refractivity contribution is 6.03. The van der Waals surface area contributed by atoms with E-state index in [1.54, 1.807) is 97.1 Å². The highest BCUT2D eigenvalue weighted by Gasteiger charge is 2.64. The van der Waals surface area contributed by atoms with Crippen molar-refractivity contribution in [2.45, 2.75) is 24.0 Å². The number of esters is 2. The van der Waals surface area contributed by atoms with Crippen LogP contribution in [0.4, 0.5) is 0 Å². The summed E-state index contributed by atoms with van der Waals surface area (Å²) in [5.74, 6) is -2.15. The van der Waals surface area contributed by atoms with Gasteiger partial charge in [-0.25, -0.2) is 14.3 Å². The van der Waals surface area contributed by atoms with Gasteiger partial charge in [-0.3, -0.25) is 4.79 Å². The van der Waals surface area contributed by atoms with E-state index in [1.807, 2.05) is 0 Å². The van der Waals surface area contributed by atoms with Crippen LogP contribution in [0.3, 0.4) is 0 Å². The van der Waals surface area contributed by atoms with Crippen molar-refractivity contribution in [2.24, 2.45) is 0 Å². The molecule has 1 N–H and O–H groups in total. The van der Waals surface area contributed by atoms with E-state index >= 15 is 0 Å². The van der Waals surface area contributed by atoms with Crippen LogP contribution in [-0.2, 0) is 14.2 Å². The van der Waals surface area contributed by atoms with Gasteiger partial charge in [0.1, 0.15) is 12.7 Å². The average Bonchev–Trinajstić information content (AvgIpc) is 3.60. The van der Waals surface area contributed by atoms with Crippen LogP contribution in [0, 0.1) is 0 Å². The van der Waals surface area contributed by atoms with Gasteiger partial charge in [0.05, 0.1) is 11.1 Å². The van der Waals surface area contributed by atoms with E-state index in [4.69, 9.17) is 14.2 Å². The van der Waals surface area contributed by atoms with Crippen LogP contribution in [0.2, 0.25) is 0 Å². The largest absolute Gasteiger partial charge is 0.459 e. The van der Waals surface area contributed by atoms with Gasteiger partial charge in [-0.1, -0.05) is 66.7 Å². The third-order valence-electron chi connectivity index (χ3n) is 6.25. The summed E-state index contributed by atoms with van der Waals surface area (Å²) in [4.78, 5) is 39.6. The maximum absolute atomic E-state index is 13.8. The molecule has 1 saturated heterocycles. The third-order valence-corrected chi connectivity index (χ3v) is 6.25. The molecule has 0 bridgehead atoms. The Morgan fingerprint density at radius 1 is 0.816 bits per heavy atom. The summed E-state index contributed by atoms with van der Waals surface area (Å²) < 4.78 is 18.6. The second kappa shape index (κ2) is 10.8. The van der Waals surface area contributed by atoms with Gasteiger partial charge in [-0.2, -0.15) is 5.10 Å². The first-order valence-electron chi connectivity index (χ1n) is 11.9. The molecule has 0 spiro atoms. The van der Waals surface area contributed by atoms with E-state index in [-0.39, 0.29) is 11.1 Å². The van der Waals surface area contributed by atoms with Crippen LogP contribution in [0.1, 0.15) is 37.3 Å². The molecule has 0 aliphatic carbocycles. The maximum atomic E-state index is 13.8. The molecule has 0 radical (unpaired) electrons. The SMILES string of the molecule is O=C(OC[C@@H]1O[C@H](n2cccn2)[C@](O)(C(=O)c2ccccc2)[C@H]1OC(=O)c1ccccc1)c1ccccc1. The van der Waals surface area contributed by atoms with Crippen molar-refractivity contribution in [3.8, 4) is 0 Å². The number of ether oxygens (including phenoxy) is 3. The van der Waals surface area contributed by atoms with Gasteiger partial charge in [-0.15, -0.1) is 0 Å². The highest BCUT2D eigenvalue weighted by Crippen LogP contribution is 2.42. The molecule has 38 heavy (non-hydrogen) atoms. The lowest BCUT2D eigenvalue weighted by molar-refractivity contribution is -0.0912. The van der Waals surface area contributed by atoms with Gasteiger partial charge in [0, 0.05) is 18.0 Å². The lowest BCUT2D eigenvalue weighted by atomic mass is 9.85. The van der Waals surface area contributed by atoms with Crippen LogP contribution >= 0.6 is 0 Å². The lowest BCUT2D eigenvalue weighted by Crippen LogP contribution is -2.55. The molecule has 2 heterocycles. The van der Waals surface area contributed by atoms with Crippen molar-refractivity contribution in [3.63, 3.8) is 0 Å². The Morgan fingerprint density at radius 2 is 1.37 bits per heavy atom. The van der Waals surface area contributed by atoms with Gasteiger partial charge >= 0.3 is 11.9 Å². The van der Waals surface area contributed by atoms with Crippen molar-refractivity contribution in [1.29, 1.82) is 0 Å². The number of hydrogen-bond donors (Lipinski definition) is 1. The third kappa shape index (κ3) is 4.84. The number of carbonyl (C=O) groups is 3. The quantitative estimate of drug-likeness (QED) is 0.282. The minimum atomic E-state index is -2.40. The number of Topliss-reactive ketones (excluding diaryl/α,β-unsaturated/α-hetero) is 1. The molecule has 1 fully saturated rings. The number of rotatable bonds is 8. The van der Waals surface area contributed by atoms with Crippen molar-refractivity contribution in [1.82, 2.24) is 9.78 Å². The van der Waals surface area contributed by atoms with Gasteiger partial charge < -0.3 is 19.3 Å². The molecule has 0 saturated carbocycles. The summed E-state index contributed by atoms with van der Waals surface area (Å²) in [5.41, 5.74) is -1.70. The predicted molar refractivity (Wildman–Crippen MR) is 134 cm³/mol. The fourth-order valence-electron chi connectivity index (χ4n) is 4.38. The summed E-state index contributed by atoms with van der Waals surface area (Å²) >= 11 is 0. The summed E-state index contributed by atoms with van der Waals surface area (Å²) in [7, 11) is 0. The molecular formula is C29H24N2O7. The molecule has 0 amide bonds.